The van der Waals surface area contributed by atoms with E-state index in [4.69, 9.17) is 19.2 Å². The van der Waals surface area contributed by atoms with Crippen molar-refractivity contribution >= 4 is 43.4 Å². The Bertz CT molecular complexity index is 1290. The summed E-state index contributed by atoms with van der Waals surface area (Å²) in [7, 11) is 3.27. The first-order valence-corrected chi connectivity index (χ1v) is 12.6. The van der Waals surface area contributed by atoms with Crippen LogP contribution in [0.2, 0.25) is 0 Å². The van der Waals surface area contributed by atoms with Crippen molar-refractivity contribution in [3.63, 3.8) is 0 Å². The highest BCUT2D eigenvalue weighted by Gasteiger charge is 2.24. The third-order valence-corrected chi connectivity index (χ3v) is 7.49. The zero-order valence-corrected chi connectivity index (χ0v) is 20.8. The molecule has 1 aromatic heterocycles. The first-order valence-electron chi connectivity index (χ1n) is 11.8. The molecule has 7 nitrogen and oxygen atoms in total. The van der Waals surface area contributed by atoms with Crippen molar-refractivity contribution in [3.05, 3.63) is 60.2 Å². The van der Waals surface area contributed by atoms with Gasteiger partial charge < -0.3 is 14.2 Å². The number of carbonyl (C=O) groups is 1. The number of thiazole rings is 1. The maximum absolute atomic E-state index is 13.8. The van der Waals surface area contributed by atoms with Crippen LogP contribution in [0.25, 0.3) is 21.0 Å². The highest BCUT2D eigenvalue weighted by Crippen LogP contribution is 2.40. The predicted octanol–water partition coefficient (Wildman–Crippen LogP) is 4.37. The zero-order valence-electron chi connectivity index (χ0n) is 20.0. The summed E-state index contributed by atoms with van der Waals surface area (Å²) in [5.74, 6) is 1.41. The maximum Gasteiger partial charge on any atom is 0.233 e. The number of fused-ring (bicyclic) bond motifs is 2. The lowest BCUT2D eigenvalue weighted by Crippen LogP contribution is -2.43. The quantitative estimate of drug-likeness (QED) is 0.365. The van der Waals surface area contributed by atoms with Crippen molar-refractivity contribution in [1.82, 2.24) is 9.88 Å². The van der Waals surface area contributed by atoms with E-state index in [0.29, 0.717) is 29.4 Å². The van der Waals surface area contributed by atoms with Crippen LogP contribution in [0.4, 0.5) is 5.13 Å². The number of hydrogen-bond donors (Lipinski definition) is 0. The summed E-state index contributed by atoms with van der Waals surface area (Å²) in [5, 5.41) is 2.89. The lowest BCUT2D eigenvalue weighted by molar-refractivity contribution is -0.118. The van der Waals surface area contributed by atoms with E-state index in [2.05, 4.69) is 23.1 Å². The molecule has 1 aliphatic heterocycles. The average molecular weight is 492 g/mol. The third kappa shape index (κ3) is 4.96. The number of carbonyl (C=O) groups excluding carboxylic acids is 1. The first kappa shape index (κ1) is 23.5. The lowest BCUT2D eigenvalue weighted by atomic mass is 10.0. The number of aromatic nitrogens is 1. The van der Waals surface area contributed by atoms with E-state index >= 15 is 0 Å². The molecule has 0 saturated carbocycles. The summed E-state index contributed by atoms with van der Waals surface area (Å²) >= 11 is 1.46. The molecule has 8 heteroatoms. The fourth-order valence-corrected chi connectivity index (χ4v) is 5.61. The highest BCUT2D eigenvalue weighted by molar-refractivity contribution is 7.22. The van der Waals surface area contributed by atoms with E-state index in [1.54, 1.807) is 14.2 Å². The minimum Gasteiger partial charge on any atom is -0.495 e. The van der Waals surface area contributed by atoms with E-state index in [9.17, 15) is 4.79 Å². The largest absolute Gasteiger partial charge is 0.495 e. The molecule has 182 valence electrons. The zero-order chi connectivity index (χ0) is 24.2. The molecule has 5 rings (SSSR count). The highest BCUT2D eigenvalue weighted by atomic mass is 32.1. The van der Waals surface area contributed by atoms with E-state index < -0.39 is 0 Å². The lowest BCUT2D eigenvalue weighted by Gasteiger charge is -2.29. The molecule has 3 aromatic carbocycles. The number of rotatable bonds is 8. The number of nitrogens with zero attached hydrogens (tertiary/aromatic N) is 3. The predicted molar refractivity (Wildman–Crippen MR) is 140 cm³/mol. The molecule has 1 amide bonds. The van der Waals surface area contributed by atoms with Crippen LogP contribution in [0.3, 0.4) is 0 Å². The van der Waals surface area contributed by atoms with Gasteiger partial charge in [-0.15, -0.1) is 0 Å². The smallest absolute Gasteiger partial charge is 0.233 e. The summed E-state index contributed by atoms with van der Waals surface area (Å²) < 4.78 is 17.5. The Balaban J connectivity index is 1.49. The van der Waals surface area contributed by atoms with Crippen molar-refractivity contribution in [3.8, 4) is 11.5 Å². The maximum atomic E-state index is 13.8. The van der Waals surface area contributed by atoms with Crippen LogP contribution in [-0.2, 0) is 16.0 Å². The number of benzene rings is 3. The van der Waals surface area contributed by atoms with Crippen LogP contribution in [0.1, 0.15) is 5.56 Å². The second-order valence-corrected chi connectivity index (χ2v) is 9.44. The fraction of sp³-hybridized carbons (Fsp3) is 0.333. The Morgan fingerprint density at radius 1 is 1.03 bits per heavy atom. The van der Waals surface area contributed by atoms with Crippen LogP contribution in [-0.4, -0.2) is 69.4 Å². The second kappa shape index (κ2) is 10.6. The molecular formula is C27H29N3O4S. The molecule has 2 heterocycles. The molecule has 0 unspecified atom stereocenters. The summed E-state index contributed by atoms with van der Waals surface area (Å²) in [5.41, 5.74) is 1.72. The van der Waals surface area contributed by atoms with Crippen LogP contribution in [0, 0.1) is 0 Å². The Morgan fingerprint density at radius 3 is 2.57 bits per heavy atom. The van der Waals surface area contributed by atoms with Crippen molar-refractivity contribution < 1.29 is 19.0 Å². The van der Waals surface area contributed by atoms with Gasteiger partial charge in [0.2, 0.25) is 5.91 Å². The molecule has 1 fully saturated rings. The number of methoxy groups -OCH3 is 2. The average Bonchev–Trinajstić information content (AvgIpc) is 3.34. The molecule has 4 aromatic rings. The van der Waals surface area contributed by atoms with Gasteiger partial charge in [0, 0.05) is 26.2 Å². The topological polar surface area (TPSA) is 64.1 Å². The van der Waals surface area contributed by atoms with Gasteiger partial charge in [0.15, 0.2) is 5.13 Å². The third-order valence-electron chi connectivity index (χ3n) is 6.40. The fourth-order valence-electron chi connectivity index (χ4n) is 4.49. The Kier molecular flexibility index (Phi) is 7.13. The van der Waals surface area contributed by atoms with Gasteiger partial charge in [0.05, 0.1) is 33.9 Å². The molecule has 35 heavy (non-hydrogen) atoms. The van der Waals surface area contributed by atoms with Gasteiger partial charge in [-0.2, -0.15) is 0 Å². The molecule has 0 bridgehead atoms. The molecule has 0 atom stereocenters. The van der Waals surface area contributed by atoms with Gasteiger partial charge in [-0.05, 0) is 28.5 Å². The Labute approximate surface area is 208 Å². The number of morpholine rings is 1. The summed E-state index contributed by atoms with van der Waals surface area (Å²) in [6.45, 7) is 4.49. The Morgan fingerprint density at radius 2 is 1.77 bits per heavy atom. The summed E-state index contributed by atoms with van der Waals surface area (Å²) in [6.07, 6.45) is 0.300. The molecule has 0 radical (unpaired) electrons. The molecule has 0 N–H and O–H groups in total. The summed E-state index contributed by atoms with van der Waals surface area (Å²) in [6, 6.07) is 18.0. The summed E-state index contributed by atoms with van der Waals surface area (Å²) in [4.78, 5) is 22.8. The van der Waals surface area contributed by atoms with Gasteiger partial charge in [-0.1, -0.05) is 53.8 Å². The van der Waals surface area contributed by atoms with Crippen molar-refractivity contribution in [1.29, 1.82) is 0 Å². The number of ether oxygens (including phenoxy) is 3. The monoisotopic (exact) mass is 491 g/mol. The number of hydrogen-bond acceptors (Lipinski definition) is 7. The van der Waals surface area contributed by atoms with Crippen molar-refractivity contribution in [2.45, 2.75) is 6.42 Å². The molecule has 1 aliphatic rings. The second-order valence-electron chi connectivity index (χ2n) is 8.46. The molecule has 0 aliphatic carbocycles. The van der Waals surface area contributed by atoms with Crippen molar-refractivity contribution in [2.24, 2.45) is 0 Å². The van der Waals surface area contributed by atoms with Crippen LogP contribution >= 0.6 is 11.3 Å². The van der Waals surface area contributed by atoms with E-state index in [1.165, 1.54) is 11.3 Å². The van der Waals surface area contributed by atoms with Gasteiger partial charge in [-0.25, -0.2) is 4.98 Å². The molecule has 1 saturated heterocycles. The minimum atomic E-state index is 0.0200. The SMILES string of the molecule is COc1ccc(OC)c2sc(N(CCN3CCOCC3)C(=O)Cc3cccc4ccccc34)nc12. The van der Waals surface area contributed by atoms with Gasteiger partial charge in [-0.3, -0.25) is 14.6 Å². The van der Waals surface area contributed by atoms with Gasteiger partial charge in [0.1, 0.15) is 21.7 Å². The van der Waals surface area contributed by atoms with E-state index in [-0.39, 0.29) is 5.91 Å². The number of anilines is 1. The minimum absolute atomic E-state index is 0.0200. The van der Waals surface area contributed by atoms with Gasteiger partial charge >= 0.3 is 0 Å². The molecule has 0 spiro atoms. The van der Waals surface area contributed by atoms with Gasteiger partial charge in [0.25, 0.3) is 0 Å². The standard InChI is InChI=1S/C27H29N3O4S/c1-32-22-10-11-23(33-2)26-25(22)28-27(35-26)30(13-12-29-14-16-34-17-15-29)24(31)18-20-8-5-7-19-6-3-4-9-21(19)20/h3-11H,12-18H2,1-2H3. The van der Waals surface area contributed by atoms with E-state index in [0.717, 1.165) is 59.6 Å². The van der Waals surface area contributed by atoms with Crippen LogP contribution in [0.15, 0.2) is 54.6 Å². The van der Waals surface area contributed by atoms with Crippen LogP contribution < -0.4 is 14.4 Å². The number of amides is 1. The normalized spacial score (nSPS) is 14.3. The first-order chi connectivity index (χ1) is 17.2. The van der Waals surface area contributed by atoms with E-state index in [1.807, 2.05) is 41.3 Å². The van der Waals surface area contributed by atoms with Crippen molar-refractivity contribution in [2.75, 3.05) is 58.5 Å². The molecular weight excluding hydrogens is 462 g/mol. The Hall–Kier alpha value is -3.20. The van der Waals surface area contributed by atoms with Crippen LogP contribution in [0.5, 0.6) is 11.5 Å².